The summed E-state index contributed by atoms with van der Waals surface area (Å²) in [5.41, 5.74) is 4.47. The lowest BCUT2D eigenvalue weighted by Gasteiger charge is -2.34. The topological polar surface area (TPSA) is 72.7 Å². The number of amides is 1. The molecule has 0 atom stereocenters. The molecule has 6 rings (SSSR count). The first kappa shape index (κ1) is 26.4. The zero-order valence-electron chi connectivity index (χ0n) is 22.7. The zero-order valence-corrected chi connectivity index (χ0v) is 23.5. The third-order valence-corrected chi connectivity index (χ3v) is 8.31. The molecular weight excluding hydrogens is 522 g/mol. The van der Waals surface area contributed by atoms with E-state index in [2.05, 4.69) is 75.1 Å². The molecule has 0 saturated carbocycles. The van der Waals surface area contributed by atoms with Gasteiger partial charge in [-0.3, -0.25) is 14.3 Å². The number of aromatic nitrogens is 3. The maximum Gasteiger partial charge on any atom is 0.231 e. The highest BCUT2D eigenvalue weighted by Gasteiger charge is 2.22. The lowest BCUT2D eigenvalue weighted by molar-refractivity contribution is -0.133. The lowest BCUT2D eigenvalue weighted by Crippen LogP contribution is -2.48. The van der Waals surface area contributed by atoms with Crippen molar-refractivity contribution in [1.82, 2.24) is 24.6 Å². The maximum absolute atomic E-state index is 12.9. The van der Waals surface area contributed by atoms with Gasteiger partial charge in [0.1, 0.15) is 0 Å². The number of carbonyl (C=O) groups excluding carboxylic acids is 1. The van der Waals surface area contributed by atoms with Crippen molar-refractivity contribution in [1.29, 1.82) is 0 Å². The molecule has 1 aromatic heterocycles. The van der Waals surface area contributed by atoms with Crippen LogP contribution in [0.25, 0.3) is 17.1 Å². The van der Waals surface area contributed by atoms with E-state index in [9.17, 15) is 4.79 Å². The number of carbonyl (C=O) groups is 1. The summed E-state index contributed by atoms with van der Waals surface area (Å²) in [6, 6.07) is 24.7. The minimum absolute atomic E-state index is 0.230. The Kier molecular flexibility index (Phi) is 8.02. The van der Waals surface area contributed by atoms with Gasteiger partial charge < -0.3 is 14.4 Å². The molecule has 0 N–H and O–H groups in total. The number of para-hydroxylation sites is 1. The molecule has 0 spiro atoms. The quantitative estimate of drug-likeness (QED) is 0.208. The van der Waals surface area contributed by atoms with Crippen molar-refractivity contribution >= 4 is 17.7 Å². The van der Waals surface area contributed by atoms with Crippen LogP contribution < -0.4 is 9.47 Å². The monoisotopic (exact) mass is 555 g/mol. The Bertz CT molecular complexity index is 1450. The van der Waals surface area contributed by atoms with Gasteiger partial charge in [0.25, 0.3) is 0 Å². The summed E-state index contributed by atoms with van der Waals surface area (Å²) in [7, 11) is 0. The van der Waals surface area contributed by atoms with Crippen molar-refractivity contribution in [2.24, 2.45) is 0 Å². The Morgan fingerprint density at radius 2 is 1.68 bits per heavy atom. The van der Waals surface area contributed by atoms with Gasteiger partial charge >= 0.3 is 0 Å². The van der Waals surface area contributed by atoms with Crippen LogP contribution in [0.2, 0.25) is 0 Å². The normalized spacial score (nSPS) is 15.0. The number of hydrogen-bond acceptors (Lipinski definition) is 7. The first-order valence-corrected chi connectivity index (χ1v) is 14.7. The predicted molar refractivity (Wildman–Crippen MR) is 156 cm³/mol. The van der Waals surface area contributed by atoms with E-state index in [-0.39, 0.29) is 5.91 Å². The summed E-state index contributed by atoms with van der Waals surface area (Å²) in [6.45, 7) is 6.49. The van der Waals surface area contributed by atoms with E-state index in [1.165, 1.54) is 11.1 Å². The van der Waals surface area contributed by atoms with Crippen molar-refractivity contribution in [3.05, 3.63) is 83.9 Å². The summed E-state index contributed by atoms with van der Waals surface area (Å²) in [5.74, 6) is 3.48. The Labute approximate surface area is 238 Å². The Balaban J connectivity index is 1.00. The number of rotatable bonds is 9. The molecule has 3 aromatic carbocycles. The van der Waals surface area contributed by atoms with E-state index in [0.717, 1.165) is 78.6 Å². The van der Waals surface area contributed by atoms with Crippen LogP contribution in [0.3, 0.4) is 0 Å². The lowest BCUT2D eigenvalue weighted by atomic mass is 10.1. The van der Waals surface area contributed by atoms with E-state index < -0.39 is 0 Å². The fourth-order valence-electron chi connectivity index (χ4n) is 5.06. The van der Waals surface area contributed by atoms with E-state index in [4.69, 9.17) is 9.47 Å². The van der Waals surface area contributed by atoms with Gasteiger partial charge in [0.2, 0.25) is 12.7 Å². The smallest absolute Gasteiger partial charge is 0.231 e. The van der Waals surface area contributed by atoms with Gasteiger partial charge in [0.15, 0.2) is 22.5 Å². The third kappa shape index (κ3) is 6.00. The predicted octanol–water partition coefficient (Wildman–Crippen LogP) is 5.19. The number of hydrogen-bond donors (Lipinski definition) is 0. The highest BCUT2D eigenvalue weighted by molar-refractivity contribution is 7.99. The van der Waals surface area contributed by atoms with Crippen molar-refractivity contribution in [3.63, 3.8) is 0 Å². The van der Waals surface area contributed by atoms with Crippen molar-refractivity contribution < 1.29 is 14.3 Å². The first-order valence-electron chi connectivity index (χ1n) is 13.7. The summed E-state index contributed by atoms with van der Waals surface area (Å²) in [6.07, 6.45) is 1.34. The van der Waals surface area contributed by atoms with Crippen molar-refractivity contribution in [2.75, 3.05) is 38.7 Å². The van der Waals surface area contributed by atoms with E-state index in [0.29, 0.717) is 13.2 Å². The van der Waals surface area contributed by atoms with E-state index in [1.54, 1.807) is 11.8 Å². The molecule has 40 heavy (non-hydrogen) atoms. The molecular formula is C31H33N5O3S. The van der Waals surface area contributed by atoms with Gasteiger partial charge in [-0.05, 0) is 43.2 Å². The van der Waals surface area contributed by atoms with Crippen LogP contribution in [0, 0.1) is 6.92 Å². The summed E-state index contributed by atoms with van der Waals surface area (Å²) >= 11 is 1.65. The molecule has 8 nitrogen and oxygen atoms in total. The summed E-state index contributed by atoms with van der Waals surface area (Å²) in [4.78, 5) is 17.3. The Morgan fingerprint density at radius 1 is 0.900 bits per heavy atom. The molecule has 0 unspecified atom stereocenters. The summed E-state index contributed by atoms with van der Waals surface area (Å²) in [5, 5.41) is 9.89. The number of fused-ring (bicyclic) bond motifs is 1. The molecule has 2 aliphatic rings. The van der Waals surface area contributed by atoms with Crippen molar-refractivity contribution in [2.45, 2.75) is 31.5 Å². The van der Waals surface area contributed by atoms with Crippen LogP contribution in [-0.2, 0) is 11.3 Å². The van der Waals surface area contributed by atoms with Crippen LogP contribution in [-0.4, -0.2) is 69.2 Å². The first-order chi connectivity index (χ1) is 19.6. The average Bonchev–Trinajstić information content (AvgIpc) is 3.63. The van der Waals surface area contributed by atoms with Crippen LogP contribution in [0.15, 0.2) is 78.0 Å². The highest BCUT2D eigenvalue weighted by Crippen LogP contribution is 2.33. The SMILES string of the molecule is Cc1ccc(-c2nnc(SCCCC(=O)N3CCN(Cc4ccc5c(c4)OCO5)CC3)n2-c2ccccc2)cc1. The number of benzene rings is 3. The molecule has 4 aromatic rings. The van der Waals surface area contributed by atoms with E-state index in [1.807, 2.05) is 29.2 Å². The molecule has 0 bridgehead atoms. The van der Waals surface area contributed by atoms with Gasteiger partial charge in [-0.15, -0.1) is 10.2 Å². The van der Waals surface area contributed by atoms with Crippen LogP contribution in [0.1, 0.15) is 24.0 Å². The molecule has 1 amide bonds. The molecule has 9 heteroatoms. The molecule has 0 aliphatic carbocycles. The largest absolute Gasteiger partial charge is 0.454 e. The van der Waals surface area contributed by atoms with Gasteiger partial charge in [0, 0.05) is 56.1 Å². The number of ether oxygens (including phenoxy) is 2. The van der Waals surface area contributed by atoms with Gasteiger partial charge in [-0.1, -0.05) is 65.9 Å². The molecule has 2 aliphatic heterocycles. The molecule has 206 valence electrons. The Hall–Kier alpha value is -3.82. The zero-order chi connectivity index (χ0) is 27.3. The Morgan fingerprint density at radius 3 is 2.48 bits per heavy atom. The number of aryl methyl sites for hydroxylation is 1. The molecule has 1 fully saturated rings. The van der Waals surface area contributed by atoms with Gasteiger partial charge in [0.05, 0.1) is 0 Å². The fraction of sp³-hybridized carbons (Fsp3) is 0.323. The summed E-state index contributed by atoms with van der Waals surface area (Å²) < 4.78 is 13.0. The number of nitrogens with zero attached hydrogens (tertiary/aromatic N) is 5. The highest BCUT2D eigenvalue weighted by atomic mass is 32.2. The van der Waals surface area contributed by atoms with Crippen LogP contribution in [0.4, 0.5) is 0 Å². The number of piperazine rings is 1. The van der Waals surface area contributed by atoms with Crippen LogP contribution >= 0.6 is 11.8 Å². The minimum atomic E-state index is 0.230. The number of thioether (sulfide) groups is 1. The van der Waals surface area contributed by atoms with Crippen LogP contribution in [0.5, 0.6) is 11.5 Å². The average molecular weight is 556 g/mol. The minimum Gasteiger partial charge on any atom is -0.454 e. The molecule has 3 heterocycles. The standard InChI is InChI=1S/C31H33N5O3S/c1-23-9-12-25(13-10-23)30-32-33-31(36(30)26-6-3-2-4-7-26)40-19-5-8-29(37)35-17-15-34(16-18-35)21-24-11-14-27-28(20-24)39-22-38-27/h2-4,6-7,9-14,20H,5,8,15-19,21-22H2,1H3. The maximum atomic E-state index is 12.9. The third-order valence-electron chi connectivity index (χ3n) is 7.29. The second-order valence-electron chi connectivity index (χ2n) is 10.1. The van der Waals surface area contributed by atoms with Crippen molar-refractivity contribution in [3.8, 4) is 28.6 Å². The second-order valence-corrected chi connectivity index (χ2v) is 11.2. The van der Waals surface area contributed by atoms with E-state index >= 15 is 0 Å². The van der Waals surface area contributed by atoms with Gasteiger partial charge in [-0.2, -0.15) is 0 Å². The molecule has 0 radical (unpaired) electrons. The second kappa shape index (κ2) is 12.1. The molecule has 1 saturated heterocycles. The fourth-order valence-corrected chi connectivity index (χ4v) is 5.95. The van der Waals surface area contributed by atoms with Gasteiger partial charge in [-0.25, -0.2) is 0 Å².